The number of hydrogen-bond acceptors (Lipinski definition) is 3. The quantitative estimate of drug-likeness (QED) is 0.690. The fourth-order valence-electron chi connectivity index (χ4n) is 3.83. The standard InChI is InChI=1S/C22H24BrN3O3/c23-16-8-6-15(7-9-16)13-26-19-12-18(10-11-20(19)29-14-21(26)27)25-22(28)24-17-4-2-1-3-5-17/h6-12,17H,1-5,13-14H2,(H2,24,25,28). The lowest BCUT2D eigenvalue weighted by atomic mass is 9.96. The van der Waals surface area contributed by atoms with E-state index in [0.717, 1.165) is 35.7 Å². The van der Waals surface area contributed by atoms with Crippen LogP contribution in [0.3, 0.4) is 0 Å². The van der Waals surface area contributed by atoms with E-state index in [9.17, 15) is 9.59 Å². The van der Waals surface area contributed by atoms with Gasteiger partial charge in [0.2, 0.25) is 0 Å². The molecular formula is C22H24BrN3O3. The van der Waals surface area contributed by atoms with Crippen LogP contribution in [0.1, 0.15) is 37.7 Å². The van der Waals surface area contributed by atoms with Crippen molar-refractivity contribution in [2.75, 3.05) is 16.8 Å². The van der Waals surface area contributed by atoms with Crippen molar-refractivity contribution < 1.29 is 14.3 Å². The normalized spacial score (nSPS) is 16.7. The van der Waals surface area contributed by atoms with Gasteiger partial charge in [-0.05, 0) is 48.7 Å². The van der Waals surface area contributed by atoms with Gasteiger partial charge in [-0.3, -0.25) is 4.79 Å². The Balaban J connectivity index is 1.49. The fraction of sp³-hybridized carbons (Fsp3) is 0.364. The zero-order valence-electron chi connectivity index (χ0n) is 16.1. The fourth-order valence-corrected chi connectivity index (χ4v) is 4.09. The summed E-state index contributed by atoms with van der Waals surface area (Å²) in [7, 11) is 0. The van der Waals surface area contributed by atoms with Gasteiger partial charge in [0, 0.05) is 16.2 Å². The molecule has 1 aliphatic heterocycles. The molecule has 7 heteroatoms. The zero-order valence-corrected chi connectivity index (χ0v) is 17.7. The molecule has 1 saturated carbocycles. The van der Waals surface area contributed by atoms with Gasteiger partial charge in [-0.25, -0.2) is 4.79 Å². The smallest absolute Gasteiger partial charge is 0.319 e. The van der Waals surface area contributed by atoms with Crippen LogP contribution < -0.4 is 20.3 Å². The summed E-state index contributed by atoms with van der Waals surface area (Å²) >= 11 is 3.43. The van der Waals surface area contributed by atoms with Gasteiger partial charge in [-0.15, -0.1) is 0 Å². The van der Waals surface area contributed by atoms with E-state index in [4.69, 9.17) is 4.74 Å². The summed E-state index contributed by atoms with van der Waals surface area (Å²) in [6.07, 6.45) is 5.62. The number of nitrogens with one attached hydrogen (secondary N) is 2. The largest absolute Gasteiger partial charge is 0.482 e. The Morgan fingerprint density at radius 2 is 1.86 bits per heavy atom. The van der Waals surface area contributed by atoms with Crippen LogP contribution in [0.2, 0.25) is 0 Å². The first-order chi connectivity index (χ1) is 14.1. The summed E-state index contributed by atoms with van der Waals surface area (Å²) in [5.74, 6) is 0.532. The van der Waals surface area contributed by atoms with Crippen LogP contribution in [-0.2, 0) is 11.3 Å². The number of amides is 3. The van der Waals surface area contributed by atoms with Crippen LogP contribution in [0.25, 0.3) is 0 Å². The number of ether oxygens (including phenoxy) is 1. The van der Waals surface area contributed by atoms with Gasteiger partial charge in [-0.1, -0.05) is 47.3 Å². The molecule has 0 bridgehead atoms. The van der Waals surface area contributed by atoms with Crippen molar-refractivity contribution in [1.29, 1.82) is 0 Å². The first-order valence-electron chi connectivity index (χ1n) is 9.98. The highest BCUT2D eigenvalue weighted by molar-refractivity contribution is 9.10. The lowest BCUT2D eigenvalue weighted by Crippen LogP contribution is -2.39. The first-order valence-corrected chi connectivity index (χ1v) is 10.8. The van der Waals surface area contributed by atoms with E-state index in [1.807, 2.05) is 24.3 Å². The highest BCUT2D eigenvalue weighted by atomic mass is 79.9. The second-order valence-corrected chi connectivity index (χ2v) is 8.43. The van der Waals surface area contributed by atoms with E-state index in [-0.39, 0.29) is 24.6 Å². The molecule has 0 radical (unpaired) electrons. The van der Waals surface area contributed by atoms with Gasteiger partial charge < -0.3 is 20.3 Å². The Labute approximate surface area is 178 Å². The van der Waals surface area contributed by atoms with Crippen molar-refractivity contribution >= 4 is 39.2 Å². The van der Waals surface area contributed by atoms with Crippen LogP contribution >= 0.6 is 15.9 Å². The van der Waals surface area contributed by atoms with Crippen LogP contribution in [-0.4, -0.2) is 24.6 Å². The molecule has 0 atom stereocenters. The number of fused-ring (bicyclic) bond motifs is 1. The van der Waals surface area contributed by atoms with Crippen molar-refractivity contribution in [3.63, 3.8) is 0 Å². The summed E-state index contributed by atoms with van der Waals surface area (Å²) in [6, 6.07) is 13.3. The Kier molecular flexibility index (Phi) is 6.04. The summed E-state index contributed by atoms with van der Waals surface area (Å²) in [5.41, 5.74) is 2.32. The second-order valence-electron chi connectivity index (χ2n) is 7.51. The number of nitrogens with zero attached hydrogens (tertiary/aromatic N) is 1. The molecule has 0 saturated heterocycles. The number of rotatable bonds is 4. The summed E-state index contributed by atoms with van der Waals surface area (Å²) in [4.78, 5) is 26.6. The molecule has 2 N–H and O–H groups in total. The van der Waals surface area contributed by atoms with Gasteiger partial charge in [0.1, 0.15) is 5.75 Å². The minimum Gasteiger partial charge on any atom is -0.482 e. The third-order valence-electron chi connectivity index (χ3n) is 5.35. The predicted octanol–water partition coefficient (Wildman–Crippen LogP) is 4.83. The molecule has 29 heavy (non-hydrogen) atoms. The van der Waals surface area contributed by atoms with Crippen molar-refractivity contribution in [3.8, 4) is 5.75 Å². The summed E-state index contributed by atoms with van der Waals surface area (Å²) in [6.45, 7) is 0.457. The highest BCUT2D eigenvalue weighted by Crippen LogP contribution is 2.35. The molecule has 0 spiro atoms. The molecule has 6 nitrogen and oxygen atoms in total. The third-order valence-corrected chi connectivity index (χ3v) is 5.88. The van der Waals surface area contributed by atoms with E-state index in [2.05, 4.69) is 26.6 Å². The second kappa shape index (κ2) is 8.86. The molecule has 1 heterocycles. The Morgan fingerprint density at radius 3 is 2.62 bits per heavy atom. The number of benzene rings is 2. The molecule has 152 valence electrons. The van der Waals surface area contributed by atoms with Crippen LogP contribution in [0.4, 0.5) is 16.2 Å². The van der Waals surface area contributed by atoms with Crippen molar-refractivity contribution in [1.82, 2.24) is 5.32 Å². The third kappa shape index (κ3) is 4.90. The van der Waals surface area contributed by atoms with Gasteiger partial charge in [0.15, 0.2) is 6.61 Å². The van der Waals surface area contributed by atoms with E-state index in [1.165, 1.54) is 6.42 Å². The summed E-state index contributed by atoms with van der Waals surface area (Å²) < 4.78 is 6.57. The number of halogens is 1. The van der Waals surface area contributed by atoms with E-state index >= 15 is 0 Å². The molecule has 1 fully saturated rings. The van der Waals surface area contributed by atoms with Crippen molar-refractivity contribution in [3.05, 3.63) is 52.5 Å². The number of carbonyl (C=O) groups excluding carboxylic acids is 2. The maximum absolute atomic E-state index is 12.5. The molecule has 2 aromatic carbocycles. The summed E-state index contributed by atoms with van der Waals surface area (Å²) in [5, 5.41) is 5.94. The van der Waals surface area contributed by atoms with E-state index in [1.54, 1.807) is 23.1 Å². The van der Waals surface area contributed by atoms with Crippen LogP contribution in [0, 0.1) is 0 Å². The number of hydrogen-bond donors (Lipinski definition) is 2. The maximum Gasteiger partial charge on any atom is 0.319 e. The topological polar surface area (TPSA) is 70.7 Å². The minimum atomic E-state index is -0.209. The average Bonchev–Trinajstić information content (AvgIpc) is 2.72. The molecule has 2 aromatic rings. The molecule has 4 rings (SSSR count). The zero-order chi connectivity index (χ0) is 20.2. The number of urea groups is 1. The lowest BCUT2D eigenvalue weighted by molar-refractivity contribution is -0.121. The van der Waals surface area contributed by atoms with Crippen molar-refractivity contribution in [2.45, 2.75) is 44.7 Å². The van der Waals surface area contributed by atoms with Crippen LogP contribution in [0.5, 0.6) is 5.75 Å². The van der Waals surface area contributed by atoms with Gasteiger partial charge >= 0.3 is 6.03 Å². The maximum atomic E-state index is 12.5. The first kappa shape index (κ1) is 19.8. The molecular weight excluding hydrogens is 434 g/mol. The van der Waals surface area contributed by atoms with Gasteiger partial charge in [0.25, 0.3) is 5.91 Å². The number of anilines is 2. The Bertz CT molecular complexity index is 895. The monoisotopic (exact) mass is 457 g/mol. The van der Waals surface area contributed by atoms with Gasteiger partial charge in [0.05, 0.1) is 12.2 Å². The lowest BCUT2D eigenvalue weighted by Gasteiger charge is -2.30. The Morgan fingerprint density at radius 1 is 1.10 bits per heavy atom. The highest BCUT2D eigenvalue weighted by Gasteiger charge is 2.26. The average molecular weight is 458 g/mol. The van der Waals surface area contributed by atoms with E-state index < -0.39 is 0 Å². The SMILES string of the molecule is O=C(Nc1ccc2c(c1)N(Cc1ccc(Br)cc1)C(=O)CO2)NC1CCCCC1. The van der Waals surface area contributed by atoms with Crippen molar-refractivity contribution in [2.24, 2.45) is 0 Å². The Hall–Kier alpha value is -2.54. The number of carbonyl (C=O) groups is 2. The van der Waals surface area contributed by atoms with Crippen LogP contribution in [0.15, 0.2) is 46.9 Å². The molecule has 0 aromatic heterocycles. The molecule has 2 aliphatic rings. The molecule has 1 aliphatic carbocycles. The van der Waals surface area contributed by atoms with E-state index in [0.29, 0.717) is 23.7 Å². The molecule has 0 unspecified atom stereocenters. The molecule has 3 amide bonds. The minimum absolute atomic E-state index is 0.0124. The predicted molar refractivity (Wildman–Crippen MR) is 116 cm³/mol. The van der Waals surface area contributed by atoms with Gasteiger partial charge in [-0.2, -0.15) is 0 Å².